The number of carbonyl (C=O) groups is 2. The number of aromatic nitrogens is 1. The number of rotatable bonds is 4. The van der Waals surface area contributed by atoms with E-state index < -0.39 is 18.0 Å². The lowest BCUT2D eigenvalue weighted by Crippen LogP contribution is -2.30. The summed E-state index contributed by atoms with van der Waals surface area (Å²) in [4.78, 5) is 24.0. The van der Waals surface area contributed by atoms with Crippen LogP contribution in [0.5, 0.6) is 0 Å². The van der Waals surface area contributed by atoms with Gasteiger partial charge in [-0.2, -0.15) is 5.26 Å². The van der Waals surface area contributed by atoms with E-state index in [1.807, 2.05) is 6.07 Å². The number of aryl methyl sites for hydroxylation is 1. The van der Waals surface area contributed by atoms with Crippen molar-refractivity contribution in [2.45, 2.75) is 13.0 Å². The Bertz CT molecular complexity index is 743. The van der Waals surface area contributed by atoms with Gasteiger partial charge in [-0.3, -0.25) is 4.79 Å². The molecule has 6 heteroatoms. The number of hydrogen-bond donors (Lipinski definition) is 1. The molecule has 0 fully saturated rings. The van der Waals surface area contributed by atoms with E-state index >= 15 is 0 Å². The second-order valence-electron chi connectivity index (χ2n) is 4.70. The molecule has 0 saturated carbocycles. The number of ether oxygens (including phenoxy) is 1. The van der Waals surface area contributed by atoms with Gasteiger partial charge in [0.2, 0.25) is 0 Å². The van der Waals surface area contributed by atoms with Crippen molar-refractivity contribution in [3.8, 4) is 6.07 Å². The Hall–Kier alpha value is -3.07. The molecule has 1 atom stereocenters. The highest BCUT2D eigenvalue weighted by molar-refractivity contribution is 5.97. The van der Waals surface area contributed by atoms with Crippen LogP contribution in [0.2, 0.25) is 0 Å². The molecule has 1 aromatic carbocycles. The van der Waals surface area contributed by atoms with Gasteiger partial charge in [0, 0.05) is 13.2 Å². The van der Waals surface area contributed by atoms with Crippen molar-refractivity contribution in [2.75, 3.05) is 5.32 Å². The Morgan fingerprint density at radius 2 is 2.00 bits per heavy atom. The van der Waals surface area contributed by atoms with Crippen LogP contribution in [0.1, 0.15) is 23.0 Å². The molecule has 0 aliphatic heterocycles. The van der Waals surface area contributed by atoms with Gasteiger partial charge in [-0.25, -0.2) is 4.79 Å². The fourth-order valence-electron chi connectivity index (χ4n) is 1.87. The SMILES string of the molecule is C[C@@H](OC(=O)c1cccn1C)C(=O)Nc1ccccc1C#N. The number of amides is 1. The molecule has 0 bridgehead atoms. The molecule has 1 amide bonds. The second kappa shape index (κ2) is 6.59. The lowest BCUT2D eigenvalue weighted by atomic mass is 10.2. The highest BCUT2D eigenvalue weighted by Gasteiger charge is 2.21. The Balaban J connectivity index is 2.02. The zero-order valence-electron chi connectivity index (χ0n) is 12.2. The largest absolute Gasteiger partial charge is 0.448 e. The summed E-state index contributed by atoms with van der Waals surface area (Å²) >= 11 is 0. The summed E-state index contributed by atoms with van der Waals surface area (Å²) in [6, 6.07) is 11.9. The third-order valence-electron chi connectivity index (χ3n) is 3.11. The maximum Gasteiger partial charge on any atom is 0.355 e. The van der Waals surface area contributed by atoms with Gasteiger partial charge >= 0.3 is 5.97 Å². The molecule has 112 valence electrons. The molecule has 22 heavy (non-hydrogen) atoms. The maximum absolute atomic E-state index is 12.1. The summed E-state index contributed by atoms with van der Waals surface area (Å²) in [5, 5.41) is 11.6. The van der Waals surface area contributed by atoms with E-state index in [4.69, 9.17) is 10.00 Å². The van der Waals surface area contributed by atoms with E-state index in [0.29, 0.717) is 16.9 Å². The molecule has 0 saturated heterocycles. The maximum atomic E-state index is 12.1. The second-order valence-corrected chi connectivity index (χ2v) is 4.70. The fraction of sp³-hybridized carbons (Fsp3) is 0.188. The van der Waals surface area contributed by atoms with Gasteiger partial charge in [0.15, 0.2) is 6.10 Å². The molecule has 2 rings (SSSR count). The monoisotopic (exact) mass is 297 g/mol. The number of benzene rings is 1. The molecule has 0 aliphatic carbocycles. The van der Waals surface area contributed by atoms with E-state index in [0.717, 1.165) is 0 Å². The summed E-state index contributed by atoms with van der Waals surface area (Å²) in [6.45, 7) is 1.48. The number of para-hydroxylation sites is 1. The first-order valence-corrected chi connectivity index (χ1v) is 6.65. The molecule has 6 nitrogen and oxygen atoms in total. The van der Waals surface area contributed by atoms with Gasteiger partial charge in [0.1, 0.15) is 11.8 Å². The van der Waals surface area contributed by atoms with Crippen LogP contribution in [-0.4, -0.2) is 22.5 Å². The van der Waals surface area contributed by atoms with E-state index in [1.165, 1.54) is 6.92 Å². The molecule has 0 unspecified atom stereocenters. The minimum absolute atomic E-state index is 0.344. The first-order valence-electron chi connectivity index (χ1n) is 6.65. The number of anilines is 1. The average molecular weight is 297 g/mol. The lowest BCUT2D eigenvalue weighted by molar-refractivity contribution is -0.123. The van der Waals surface area contributed by atoms with Gasteiger partial charge in [0.05, 0.1) is 11.3 Å². The van der Waals surface area contributed by atoms with Gasteiger partial charge in [-0.1, -0.05) is 12.1 Å². The predicted molar refractivity (Wildman–Crippen MR) is 80.1 cm³/mol. The van der Waals surface area contributed by atoms with Crippen LogP contribution in [-0.2, 0) is 16.6 Å². The topological polar surface area (TPSA) is 84.1 Å². The summed E-state index contributed by atoms with van der Waals surface area (Å²) in [5.74, 6) is -1.08. The van der Waals surface area contributed by atoms with E-state index in [9.17, 15) is 9.59 Å². The normalized spacial score (nSPS) is 11.3. The number of esters is 1. The van der Waals surface area contributed by atoms with Crippen molar-refractivity contribution in [1.29, 1.82) is 5.26 Å². The molecule has 0 spiro atoms. The first kappa shape index (κ1) is 15.3. The lowest BCUT2D eigenvalue weighted by Gasteiger charge is -2.14. The third kappa shape index (κ3) is 3.33. The Kier molecular flexibility index (Phi) is 4.59. The summed E-state index contributed by atoms with van der Waals surface area (Å²) < 4.78 is 6.74. The standard InChI is InChI=1S/C16H15N3O3/c1-11(22-16(21)14-8-5-9-19(14)2)15(20)18-13-7-4-3-6-12(13)10-17/h3-9,11H,1-2H3,(H,18,20)/t11-/m1/s1. The van der Waals surface area contributed by atoms with Crippen LogP contribution in [0.3, 0.4) is 0 Å². The van der Waals surface area contributed by atoms with Gasteiger partial charge < -0.3 is 14.6 Å². The highest BCUT2D eigenvalue weighted by Crippen LogP contribution is 2.14. The van der Waals surface area contributed by atoms with Crippen molar-refractivity contribution in [3.63, 3.8) is 0 Å². The van der Waals surface area contributed by atoms with Gasteiger partial charge in [0.25, 0.3) is 5.91 Å². The molecule has 0 aliphatic rings. The van der Waals surface area contributed by atoms with E-state index in [1.54, 1.807) is 54.2 Å². The number of nitrogens with zero attached hydrogens (tertiary/aromatic N) is 2. The average Bonchev–Trinajstić information content (AvgIpc) is 2.93. The third-order valence-corrected chi connectivity index (χ3v) is 3.11. The minimum Gasteiger partial charge on any atom is -0.448 e. The van der Waals surface area contributed by atoms with Crippen molar-refractivity contribution in [1.82, 2.24) is 4.57 Å². The Morgan fingerprint density at radius 3 is 2.64 bits per heavy atom. The van der Waals surface area contributed by atoms with Crippen LogP contribution < -0.4 is 5.32 Å². The van der Waals surface area contributed by atoms with Crippen LogP contribution in [0.25, 0.3) is 0 Å². The van der Waals surface area contributed by atoms with Crippen molar-refractivity contribution in [2.24, 2.45) is 7.05 Å². The summed E-state index contributed by atoms with van der Waals surface area (Å²) in [6.07, 6.45) is 0.735. The smallest absolute Gasteiger partial charge is 0.355 e. The molecule has 1 aromatic heterocycles. The van der Waals surface area contributed by atoms with Crippen LogP contribution in [0.4, 0.5) is 5.69 Å². The number of hydrogen-bond acceptors (Lipinski definition) is 4. The first-order chi connectivity index (χ1) is 10.5. The predicted octanol–water partition coefficient (Wildman–Crippen LogP) is 2.08. The number of nitriles is 1. The summed E-state index contributed by atoms with van der Waals surface area (Å²) in [5.41, 5.74) is 1.09. The molecular formula is C16H15N3O3. The van der Waals surface area contributed by atoms with Crippen LogP contribution >= 0.6 is 0 Å². The minimum atomic E-state index is -0.978. The van der Waals surface area contributed by atoms with E-state index in [-0.39, 0.29) is 0 Å². The van der Waals surface area contributed by atoms with Gasteiger partial charge in [-0.05, 0) is 31.2 Å². The molecule has 1 N–H and O–H groups in total. The van der Waals surface area contributed by atoms with Crippen LogP contribution in [0, 0.1) is 11.3 Å². The number of carbonyl (C=O) groups excluding carboxylic acids is 2. The zero-order chi connectivity index (χ0) is 16.1. The Morgan fingerprint density at radius 1 is 1.27 bits per heavy atom. The van der Waals surface area contributed by atoms with E-state index in [2.05, 4.69) is 5.32 Å². The quantitative estimate of drug-likeness (QED) is 0.876. The Labute approximate surface area is 127 Å². The highest BCUT2D eigenvalue weighted by atomic mass is 16.5. The number of nitrogens with one attached hydrogen (secondary N) is 1. The molecule has 0 radical (unpaired) electrons. The summed E-state index contributed by atoms with van der Waals surface area (Å²) in [7, 11) is 1.71. The molecular weight excluding hydrogens is 282 g/mol. The van der Waals surface area contributed by atoms with Crippen molar-refractivity contribution >= 4 is 17.6 Å². The van der Waals surface area contributed by atoms with Gasteiger partial charge in [-0.15, -0.1) is 0 Å². The van der Waals surface area contributed by atoms with Crippen molar-refractivity contribution < 1.29 is 14.3 Å². The van der Waals surface area contributed by atoms with Crippen LogP contribution in [0.15, 0.2) is 42.6 Å². The van der Waals surface area contributed by atoms with Crippen molar-refractivity contribution in [3.05, 3.63) is 53.9 Å². The zero-order valence-corrected chi connectivity index (χ0v) is 12.2. The fourth-order valence-corrected chi connectivity index (χ4v) is 1.87. The molecule has 2 aromatic rings. The molecule has 1 heterocycles.